The molecule has 3 N–H and O–H groups in total. The lowest BCUT2D eigenvalue weighted by Crippen LogP contribution is -2.08. The van der Waals surface area contributed by atoms with Crippen LogP contribution in [-0.4, -0.2) is 15.2 Å². The Bertz CT molecular complexity index is 602. The smallest absolute Gasteiger partial charge is 0.129 e. The first-order valence-electron chi connectivity index (χ1n) is 5.89. The number of aromatic nitrogens is 1. The van der Waals surface area contributed by atoms with E-state index in [4.69, 9.17) is 11.6 Å². The highest BCUT2D eigenvalue weighted by Gasteiger charge is 2.12. The van der Waals surface area contributed by atoms with Gasteiger partial charge in [-0.3, -0.25) is 0 Å². The van der Waals surface area contributed by atoms with Crippen LogP contribution in [0.2, 0.25) is 5.15 Å². The summed E-state index contributed by atoms with van der Waals surface area (Å²) in [4.78, 5) is 4.15. The van der Waals surface area contributed by atoms with Gasteiger partial charge >= 0.3 is 0 Å². The molecule has 0 fully saturated rings. The Labute approximate surface area is 116 Å². The number of aromatic hydroxyl groups is 2. The van der Waals surface area contributed by atoms with Crippen molar-refractivity contribution in [3.63, 3.8) is 0 Å². The van der Waals surface area contributed by atoms with Crippen LogP contribution in [0.5, 0.6) is 11.5 Å². The van der Waals surface area contributed by atoms with Crippen molar-refractivity contribution in [2.45, 2.75) is 19.9 Å². The zero-order chi connectivity index (χ0) is 14.0. The van der Waals surface area contributed by atoms with Gasteiger partial charge in [-0.15, -0.1) is 0 Å². The fraction of sp³-hybridized carbons (Fsp3) is 0.214. The maximum atomic E-state index is 9.81. The highest BCUT2D eigenvalue weighted by atomic mass is 35.5. The van der Waals surface area contributed by atoms with Gasteiger partial charge in [0.1, 0.15) is 16.7 Å². The molecular formula is C14H15ClN2O2. The van der Waals surface area contributed by atoms with Crippen LogP contribution >= 0.6 is 11.6 Å². The molecule has 5 heteroatoms. The summed E-state index contributed by atoms with van der Waals surface area (Å²) < 4.78 is 0. The molecule has 2 aromatic rings. The highest BCUT2D eigenvalue weighted by Crippen LogP contribution is 2.30. The number of phenolic OH excluding ortho intramolecular Hbond substituents is 2. The first-order chi connectivity index (χ1) is 8.97. The minimum Gasteiger partial charge on any atom is -0.508 e. The number of anilines is 1. The highest BCUT2D eigenvalue weighted by molar-refractivity contribution is 6.29. The molecule has 0 bridgehead atoms. The Morgan fingerprint density at radius 3 is 2.63 bits per heavy atom. The van der Waals surface area contributed by atoms with Crippen LogP contribution in [0.15, 0.2) is 30.3 Å². The second-order valence-corrected chi connectivity index (χ2v) is 4.76. The zero-order valence-corrected chi connectivity index (χ0v) is 11.4. The number of halogens is 1. The topological polar surface area (TPSA) is 65.4 Å². The Balaban J connectivity index is 2.25. The van der Waals surface area contributed by atoms with Crippen molar-refractivity contribution in [3.05, 3.63) is 46.7 Å². The molecule has 0 aliphatic rings. The van der Waals surface area contributed by atoms with E-state index in [0.717, 1.165) is 11.4 Å². The van der Waals surface area contributed by atoms with E-state index in [1.807, 2.05) is 19.9 Å². The van der Waals surface area contributed by atoms with Crippen LogP contribution in [0, 0.1) is 6.92 Å². The Morgan fingerprint density at radius 2 is 1.95 bits per heavy atom. The molecule has 1 unspecified atom stereocenters. The van der Waals surface area contributed by atoms with Crippen LogP contribution in [-0.2, 0) is 0 Å². The maximum Gasteiger partial charge on any atom is 0.129 e. The molecule has 0 saturated heterocycles. The molecule has 4 nitrogen and oxygen atoms in total. The molecule has 1 atom stereocenters. The molecule has 0 amide bonds. The second-order valence-electron chi connectivity index (χ2n) is 4.38. The lowest BCUT2D eigenvalue weighted by Gasteiger charge is -2.18. The second kappa shape index (κ2) is 5.36. The largest absolute Gasteiger partial charge is 0.508 e. The molecule has 100 valence electrons. The zero-order valence-electron chi connectivity index (χ0n) is 10.7. The molecule has 0 spiro atoms. The van der Waals surface area contributed by atoms with Crippen LogP contribution in [0.3, 0.4) is 0 Å². The van der Waals surface area contributed by atoms with E-state index in [-0.39, 0.29) is 17.5 Å². The molecule has 0 aliphatic carbocycles. The number of hydrogen-bond donors (Lipinski definition) is 3. The summed E-state index contributed by atoms with van der Waals surface area (Å²) in [6.07, 6.45) is 0. The Hall–Kier alpha value is -1.94. The molecule has 1 aromatic carbocycles. The van der Waals surface area contributed by atoms with Gasteiger partial charge in [0.25, 0.3) is 0 Å². The van der Waals surface area contributed by atoms with Gasteiger partial charge in [-0.1, -0.05) is 11.6 Å². The van der Waals surface area contributed by atoms with E-state index >= 15 is 0 Å². The van der Waals surface area contributed by atoms with Crippen molar-refractivity contribution in [1.29, 1.82) is 0 Å². The number of benzene rings is 1. The third-order valence-corrected chi connectivity index (χ3v) is 3.11. The van der Waals surface area contributed by atoms with Crippen LogP contribution < -0.4 is 5.32 Å². The summed E-state index contributed by atoms with van der Waals surface area (Å²) in [7, 11) is 0. The fourth-order valence-corrected chi connectivity index (χ4v) is 2.07. The summed E-state index contributed by atoms with van der Waals surface area (Å²) in [6.45, 7) is 3.74. The number of hydrogen-bond acceptors (Lipinski definition) is 4. The minimum absolute atomic E-state index is 0.118. The number of pyridine rings is 1. The van der Waals surface area contributed by atoms with Gasteiger partial charge < -0.3 is 15.5 Å². The van der Waals surface area contributed by atoms with Crippen molar-refractivity contribution in [1.82, 2.24) is 4.98 Å². The third-order valence-electron chi connectivity index (χ3n) is 2.90. The summed E-state index contributed by atoms with van der Waals surface area (Å²) >= 11 is 5.80. The first kappa shape index (κ1) is 13.5. The molecule has 0 aliphatic heterocycles. The third kappa shape index (κ3) is 3.09. The molecular weight excluding hydrogens is 264 g/mol. The van der Waals surface area contributed by atoms with Crippen molar-refractivity contribution in [2.75, 3.05) is 5.32 Å². The van der Waals surface area contributed by atoms with Crippen molar-refractivity contribution >= 4 is 17.3 Å². The predicted octanol–water partition coefficient (Wildman–Crippen LogP) is 3.63. The Morgan fingerprint density at radius 1 is 1.21 bits per heavy atom. The fourth-order valence-electron chi connectivity index (χ4n) is 1.88. The number of rotatable bonds is 3. The molecule has 0 radical (unpaired) electrons. The van der Waals surface area contributed by atoms with E-state index in [9.17, 15) is 10.2 Å². The maximum absolute atomic E-state index is 9.81. The molecule has 2 rings (SSSR count). The van der Waals surface area contributed by atoms with E-state index in [2.05, 4.69) is 10.3 Å². The number of nitrogens with one attached hydrogen (secondary N) is 1. The number of aryl methyl sites for hydroxylation is 1. The average Bonchev–Trinajstić information content (AvgIpc) is 2.35. The SMILES string of the molecule is Cc1nc(Cl)ccc1NC(C)c1cc(O)ccc1O. The lowest BCUT2D eigenvalue weighted by atomic mass is 10.1. The van der Waals surface area contributed by atoms with Crippen LogP contribution in [0.1, 0.15) is 24.2 Å². The predicted molar refractivity (Wildman–Crippen MR) is 75.8 cm³/mol. The summed E-state index contributed by atoms with van der Waals surface area (Å²) in [5, 5.41) is 23.0. The molecule has 0 saturated carbocycles. The van der Waals surface area contributed by atoms with Gasteiger partial charge in [0.2, 0.25) is 0 Å². The van der Waals surface area contributed by atoms with Crippen molar-refractivity contribution < 1.29 is 10.2 Å². The van der Waals surface area contributed by atoms with E-state index < -0.39 is 0 Å². The minimum atomic E-state index is -0.172. The van der Waals surface area contributed by atoms with Gasteiger partial charge in [0.15, 0.2) is 0 Å². The van der Waals surface area contributed by atoms with Gasteiger partial charge in [0, 0.05) is 5.56 Å². The molecule has 1 heterocycles. The van der Waals surface area contributed by atoms with Gasteiger partial charge in [-0.2, -0.15) is 0 Å². The molecule has 19 heavy (non-hydrogen) atoms. The normalized spacial score (nSPS) is 12.2. The van der Waals surface area contributed by atoms with Crippen molar-refractivity contribution in [2.24, 2.45) is 0 Å². The summed E-state index contributed by atoms with van der Waals surface area (Å²) in [5.41, 5.74) is 2.23. The van der Waals surface area contributed by atoms with E-state index in [0.29, 0.717) is 10.7 Å². The van der Waals surface area contributed by atoms with Gasteiger partial charge in [-0.25, -0.2) is 4.98 Å². The van der Waals surface area contributed by atoms with Gasteiger partial charge in [-0.05, 0) is 44.2 Å². The van der Waals surface area contributed by atoms with E-state index in [1.54, 1.807) is 6.07 Å². The van der Waals surface area contributed by atoms with Crippen LogP contribution in [0.4, 0.5) is 5.69 Å². The first-order valence-corrected chi connectivity index (χ1v) is 6.26. The average molecular weight is 279 g/mol. The number of nitrogens with zero attached hydrogens (tertiary/aromatic N) is 1. The Kier molecular flexibility index (Phi) is 3.81. The van der Waals surface area contributed by atoms with Crippen LogP contribution in [0.25, 0.3) is 0 Å². The number of phenols is 2. The summed E-state index contributed by atoms with van der Waals surface area (Å²) in [6, 6.07) is 7.81. The quantitative estimate of drug-likeness (QED) is 0.592. The summed E-state index contributed by atoms with van der Waals surface area (Å²) in [5.74, 6) is 0.254. The van der Waals surface area contributed by atoms with Crippen molar-refractivity contribution in [3.8, 4) is 11.5 Å². The lowest BCUT2D eigenvalue weighted by molar-refractivity contribution is 0.451. The monoisotopic (exact) mass is 278 g/mol. The van der Waals surface area contributed by atoms with Gasteiger partial charge in [0.05, 0.1) is 17.4 Å². The molecule has 1 aromatic heterocycles. The standard InChI is InChI=1S/C14H15ClN2O2/c1-8(11-7-10(18)3-5-13(11)19)16-12-4-6-14(15)17-9(12)2/h3-8,16,18-19H,1-2H3. The van der Waals surface area contributed by atoms with E-state index in [1.165, 1.54) is 18.2 Å².